The highest BCUT2D eigenvalue weighted by Crippen LogP contribution is 2.43. The topological polar surface area (TPSA) is 47.6 Å². The molecule has 0 saturated heterocycles. The van der Waals surface area contributed by atoms with Gasteiger partial charge in [-0.25, -0.2) is 4.79 Å². The van der Waals surface area contributed by atoms with E-state index in [9.17, 15) is 4.79 Å². The van der Waals surface area contributed by atoms with Crippen molar-refractivity contribution in [3.8, 4) is 5.75 Å². The third kappa shape index (κ3) is 5.87. The van der Waals surface area contributed by atoms with E-state index < -0.39 is 20.0 Å². The molecule has 1 amide bonds. The average molecular weight is 491 g/mol. The zero-order valence-electron chi connectivity index (χ0n) is 17.6. The summed E-state index contributed by atoms with van der Waals surface area (Å²) < 4.78 is 13.0. The predicted molar refractivity (Wildman–Crippen MR) is 121 cm³/mol. The van der Waals surface area contributed by atoms with Crippen molar-refractivity contribution in [2.45, 2.75) is 84.5 Å². The van der Waals surface area contributed by atoms with Crippen molar-refractivity contribution < 1.29 is 14.0 Å². The molecule has 0 aliphatic heterocycles. The Kier molecular flexibility index (Phi) is 8.01. The van der Waals surface area contributed by atoms with Crippen LogP contribution in [0.1, 0.15) is 62.3 Å². The molecule has 0 aliphatic carbocycles. The average Bonchev–Trinajstić information content (AvgIpc) is 2.44. The molecule has 26 heavy (non-hydrogen) atoms. The second-order valence-electron chi connectivity index (χ2n) is 8.69. The molecule has 0 aromatic heterocycles. The van der Waals surface area contributed by atoms with E-state index in [0.717, 1.165) is 15.0 Å². The predicted octanol–water partition coefficient (Wildman–Crippen LogP) is 7.19. The van der Waals surface area contributed by atoms with Gasteiger partial charge in [-0.05, 0) is 78.2 Å². The van der Waals surface area contributed by atoms with Gasteiger partial charge in [0.1, 0.15) is 11.4 Å². The lowest BCUT2D eigenvalue weighted by molar-refractivity contribution is 0.0636. The molecule has 4 nitrogen and oxygen atoms in total. The van der Waals surface area contributed by atoms with Crippen molar-refractivity contribution in [2.75, 3.05) is 5.32 Å². The first kappa shape index (κ1) is 23.3. The molecule has 1 aromatic carbocycles. The summed E-state index contributed by atoms with van der Waals surface area (Å²) in [6, 6.07) is 5.84. The Balaban J connectivity index is 3.04. The van der Waals surface area contributed by atoms with Crippen LogP contribution in [0.3, 0.4) is 0 Å². The van der Waals surface area contributed by atoms with E-state index in [4.69, 9.17) is 9.16 Å². The zero-order chi connectivity index (χ0) is 20.3. The number of anilines is 1. The Bertz CT molecular complexity index is 602. The number of halogens is 1. The van der Waals surface area contributed by atoms with Gasteiger partial charge in [0.15, 0.2) is 0 Å². The maximum Gasteiger partial charge on any atom is 0.412 e. The maximum atomic E-state index is 12.0. The van der Waals surface area contributed by atoms with Crippen LogP contribution < -0.4 is 9.74 Å². The standard InChI is InChI=1S/C20H34INO3Si/c1-13(2)26(14(3)4,15(5)6)25-16-10-11-18(17(21)12-16)22-19(23)24-20(7,8)9/h10-15H,1-9H3,(H,22,23). The highest BCUT2D eigenvalue weighted by molar-refractivity contribution is 14.1. The van der Waals surface area contributed by atoms with Gasteiger partial charge in [0.2, 0.25) is 0 Å². The van der Waals surface area contributed by atoms with E-state index in [2.05, 4.69) is 69.5 Å². The molecule has 0 atom stereocenters. The molecular weight excluding hydrogens is 457 g/mol. The second-order valence-corrected chi connectivity index (χ2v) is 15.2. The van der Waals surface area contributed by atoms with Crippen LogP contribution in [0.5, 0.6) is 5.75 Å². The number of hydrogen-bond donors (Lipinski definition) is 1. The highest BCUT2D eigenvalue weighted by Gasteiger charge is 2.47. The number of carbonyl (C=O) groups is 1. The Morgan fingerprint density at radius 2 is 1.54 bits per heavy atom. The van der Waals surface area contributed by atoms with E-state index in [1.54, 1.807) is 0 Å². The van der Waals surface area contributed by atoms with Gasteiger partial charge in [0.05, 0.1) is 5.69 Å². The van der Waals surface area contributed by atoms with Crippen LogP contribution in [-0.2, 0) is 4.74 Å². The molecule has 0 fully saturated rings. The quantitative estimate of drug-likeness (QED) is 0.338. The molecule has 1 N–H and O–H groups in total. The van der Waals surface area contributed by atoms with Gasteiger partial charge in [-0.15, -0.1) is 0 Å². The fourth-order valence-corrected chi connectivity index (χ4v) is 9.50. The summed E-state index contributed by atoms with van der Waals surface area (Å²) in [4.78, 5) is 12.0. The summed E-state index contributed by atoms with van der Waals surface area (Å²) in [5.41, 5.74) is 1.76. The fraction of sp³-hybridized carbons (Fsp3) is 0.650. The fourth-order valence-electron chi connectivity index (χ4n) is 3.63. The summed E-state index contributed by atoms with van der Waals surface area (Å²) in [7, 11) is -1.99. The number of ether oxygens (including phenoxy) is 1. The van der Waals surface area contributed by atoms with Crippen molar-refractivity contribution in [1.82, 2.24) is 0 Å². The van der Waals surface area contributed by atoms with Crippen LogP contribution in [0.25, 0.3) is 0 Å². The molecule has 0 bridgehead atoms. The lowest BCUT2D eigenvalue weighted by Gasteiger charge is -2.42. The maximum absolute atomic E-state index is 12.0. The van der Waals surface area contributed by atoms with Gasteiger partial charge in [-0.3, -0.25) is 5.32 Å². The number of benzene rings is 1. The van der Waals surface area contributed by atoms with Gasteiger partial charge in [-0.1, -0.05) is 41.5 Å². The molecule has 0 radical (unpaired) electrons. The number of rotatable bonds is 6. The Hall–Kier alpha value is -0.763. The zero-order valence-corrected chi connectivity index (χ0v) is 20.7. The van der Waals surface area contributed by atoms with Crippen LogP contribution in [0.2, 0.25) is 16.6 Å². The van der Waals surface area contributed by atoms with Crippen LogP contribution in [0, 0.1) is 3.57 Å². The van der Waals surface area contributed by atoms with Gasteiger partial charge in [0, 0.05) is 3.57 Å². The summed E-state index contributed by atoms with van der Waals surface area (Å²) in [5, 5.41) is 2.81. The minimum atomic E-state index is -1.99. The first-order valence-corrected chi connectivity index (χ1v) is 12.5. The molecule has 0 saturated carbocycles. The van der Waals surface area contributed by atoms with E-state index in [1.807, 2.05) is 39.0 Å². The first-order chi connectivity index (χ1) is 11.8. The van der Waals surface area contributed by atoms with Gasteiger partial charge >= 0.3 is 6.09 Å². The molecule has 0 aliphatic rings. The Labute approximate surface area is 173 Å². The van der Waals surface area contributed by atoms with Crippen LogP contribution in [0.15, 0.2) is 18.2 Å². The molecule has 0 spiro atoms. The van der Waals surface area contributed by atoms with Crippen molar-refractivity contribution in [3.05, 3.63) is 21.8 Å². The van der Waals surface area contributed by atoms with E-state index in [1.165, 1.54) is 0 Å². The normalized spacial score (nSPS) is 12.7. The number of hydrogen-bond acceptors (Lipinski definition) is 3. The molecule has 0 unspecified atom stereocenters. The van der Waals surface area contributed by atoms with Gasteiger partial charge in [-0.2, -0.15) is 0 Å². The number of carbonyl (C=O) groups excluding carboxylic acids is 1. The number of nitrogens with one attached hydrogen (secondary N) is 1. The molecule has 1 aromatic rings. The number of amides is 1. The van der Waals surface area contributed by atoms with Crippen LogP contribution in [0.4, 0.5) is 10.5 Å². The van der Waals surface area contributed by atoms with Crippen molar-refractivity contribution >= 4 is 42.7 Å². The summed E-state index contributed by atoms with van der Waals surface area (Å²) in [5.74, 6) is 0.881. The van der Waals surface area contributed by atoms with Crippen LogP contribution in [-0.4, -0.2) is 20.0 Å². The lowest BCUT2D eigenvalue weighted by Crippen LogP contribution is -2.50. The summed E-state index contributed by atoms with van der Waals surface area (Å²) in [6.45, 7) is 19.2. The van der Waals surface area contributed by atoms with Crippen LogP contribution >= 0.6 is 22.6 Å². The van der Waals surface area contributed by atoms with Crippen molar-refractivity contribution in [1.29, 1.82) is 0 Å². The smallest absolute Gasteiger partial charge is 0.412 e. The molecule has 6 heteroatoms. The Morgan fingerprint density at radius 1 is 1.04 bits per heavy atom. The molecule has 148 valence electrons. The Morgan fingerprint density at radius 3 is 1.92 bits per heavy atom. The van der Waals surface area contributed by atoms with Crippen molar-refractivity contribution in [2.24, 2.45) is 0 Å². The molecule has 0 heterocycles. The van der Waals surface area contributed by atoms with Gasteiger partial charge in [0.25, 0.3) is 8.32 Å². The third-order valence-electron chi connectivity index (χ3n) is 4.58. The lowest BCUT2D eigenvalue weighted by atomic mass is 10.2. The van der Waals surface area contributed by atoms with Crippen molar-refractivity contribution in [3.63, 3.8) is 0 Å². The highest BCUT2D eigenvalue weighted by atomic mass is 127. The minimum absolute atomic E-state index is 0.445. The van der Waals surface area contributed by atoms with E-state index >= 15 is 0 Å². The van der Waals surface area contributed by atoms with E-state index in [0.29, 0.717) is 16.6 Å². The molecular formula is C20H34INO3Si. The SMILES string of the molecule is CC(C)[Si](Oc1ccc(NC(=O)OC(C)(C)C)c(I)c1)(C(C)C)C(C)C. The van der Waals surface area contributed by atoms with E-state index in [-0.39, 0.29) is 0 Å². The van der Waals surface area contributed by atoms with Gasteiger partial charge < -0.3 is 9.16 Å². The first-order valence-electron chi connectivity index (χ1n) is 9.28. The summed E-state index contributed by atoms with van der Waals surface area (Å²) >= 11 is 2.23. The molecule has 1 rings (SSSR count). The summed E-state index contributed by atoms with van der Waals surface area (Å²) in [6.07, 6.45) is -0.445. The third-order valence-corrected chi connectivity index (χ3v) is 11.5. The monoisotopic (exact) mass is 491 g/mol. The largest absolute Gasteiger partial charge is 0.543 e. The minimum Gasteiger partial charge on any atom is -0.543 e. The second kappa shape index (κ2) is 8.95.